The van der Waals surface area contributed by atoms with E-state index in [1.54, 1.807) is 0 Å². The molecular formula is C16H19ClN2O6S. The topological polar surface area (TPSA) is 107 Å². The lowest BCUT2D eigenvalue weighted by molar-refractivity contribution is -0.384. The third-order valence-electron chi connectivity index (χ3n) is 4.77. The van der Waals surface area contributed by atoms with Crippen molar-refractivity contribution in [3.05, 3.63) is 38.9 Å². The molecule has 0 radical (unpaired) electrons. The van der Waals surface area contributed by atoms with E-state index in [0.717, 1.165) is 38.4 Å². The Hall–Kier alpha value is -1.71. The second-order valence-electron chi connectivity index (χ2n) is 6.61. The van der Waals surface area contributed by atoms with Crippen molar-refractivity contribution in [2.75, 3.05) is 24.6 Å². The van der Waals surface area contributed by atoms with Gasteiger partial charge in [-0.1, -0.05) is 18.0 Å². The molecule has 0 bridgehead atoms. The van der Waals surface area contributed by atoms with Crippen molar-refractivity contribution in [1.29, 1.82) is 0 Å². The smallest absolute Gasteiger partial charge is 0.338 e. The minimum absolute atomic E-state index is 0.0252. The number of halogens is 1. The van der Waals surface area contributed by atoms with Crippen LogP contribution in [-0.2, 0) is 14.6 Å². The van der Waals surface area contributed by atoms with Crippen molar-refractivity contribution < 1.29 is 22.9 Å². The molecule has 26 heavy (non-hydrogen) atoms. The number of hydrogen-bond acceptors (Lipinski definition) is 7. The summed E-state index contributed by atoms with van der Waals surface area (Å²) in [6.45, 7) is 1.56. The SMILES string of the molecule is O=C(OC1CS(=O)(=O)CC1N1CCCCC1)c1ccc(Cl)c([N+](=O)[O-])c1. The van der Waals surface area contributed by atoms with Crippen molar-refractivity contribution in [2.24, 2.45) is 0 Å². The summed E-state index contributed by atoms with van der Waals surface area (Å²) in [4.78, 5) is 24.8. The first-order valence-electron chi connectivity index (χ1n) is 8.36. The van der Waals surface area contributed by atoms with Crippen molar-refractivity contribution in [1.82, 2.24) is 4.90 Å². The molecule has 0 spiro atoms. The number of sulfone groups is 1. The number of hydrogen-bond donors (Lipinski definition) is 0. The highest BCUT2D eigenvalue weighted by molar-refractivity contribution is 7.91. The molecule has 1 aromatic carbocycles. The Kier molecular flexibility index (Phi) is 5.50. The van der Waals surface area contributed by atoms with E-state index in [1.807, 2.05) is 0 Å². The Morgan fingerprint density at radius 2 is 1.92 bits per heavy atom. The van der Waals surface area contributed by atoms with Gasteiger partial charge in [0, 0.05) is 6.07 Å². The van der Waals surface area contributed by atoms with E-state index in [0.29, 0.717) is 0 Å². The predicted octanol–water partition coefficient (Wildman–Crippen LogP) is 2.06. The molecule has 0 aromatic heterocycles. The highest BCUT2D eigenvalue weighted by Gasteiger charge is 2.43. The molecule has 10 heteroatoms. The van der Waals surface area contributed by atoms with Crippen LogP contribution in [0.25, 0.3) is 0 Å². The molecule has 8 nitrogen and oxygen atoms in total. The summed E-state index contributed by atoms with van der Waals surface area (Å²) in [5, 5.41) is 10.9. The Balaban J connectivity index is 1.78. The summed E-state index contributed by atoms with van der Waals surface area (Å²) in [5.74, 6) is -1.05. The molecule has 0 saturated carbocycles. The van der Waals surface area contributed by atoms with Crippen LogP contribution in [0.3, 0.4) is 0 Å². The number of piperidine rings is 1. The Morgan fingerprint density at radius 3 is 2.58 bits per heavy atom. The first-order valence-corrected chi connectivity index (χ1v) is 10.6. The summed E-state index contributed by atoms with van der Waals surface area (Å²) in [6, 6.07) is 3.26. The number of nitro groups is 1. The van der Waals surface area contributed by atoms with Crippen molar-refractivity contribution in [3.8, 4) is 0 Å². The van der Waals surface area contributed by atoms with E-state index in [-0.39, 0.29) is 28.1 Å². The molecule has 0 amide bonds. The second-order valence-corrected chi connectivity index (χ2v) is 9.17. The fourth-order valence-electron chi connectivity index (χ4n) is 3.49. The summed E-state index contributed by atoms with van der Waals surface area (Å²) in [6.07, 6.45) is 2.30. The standard InChI is InChI=1S/C16H19ClN2O6S/c17-12-5-4-11(8-13(12)19(21)22)16(20)25-15-10-26(23,24)9-14(15)18-6-2-1-3-7-18/h4-5,8,14-15H,1-3,6-7,9-10H2. The number of nitrogens with zero attached hydrogens (tertiary/aromatic N) is 2. The maximum atomic E-state index is 12.4. The van der Waals surface area contributed by atoms with Crippen LogP contribution in [0.1, 0.15) is 29.6 Å². The molecule has 0 N–H and O–H groups in total. The molecule has 142 valence electrons. The largest absolute Gasteiger partial charge is 0.456 e. The normalized spacial score (nSPS) is 25.7. The first-order chi connectivity index (χ1) is 12.3. The monoisotopic (exact) mass is 402 g/mol. The zero-order chi connectivity index (χ0) is 18.9. The molecule has 0 aliphatic carbocycles. The number of benzene rings is 1. The van der Waals surface area contributed by atoms with Gasteiger partial charge < -0.3 is 4.74 Å². The van der Waals surface area contributed by atoms with Gasteiger partial charge in [0.25, 0.3) is 5.69 Å². The number of carbonyl (C=O) groups excluding carboxylic acids is 1. The van der Waals surface area contributed by atoms with Crippen LogP contribution in [-0.4, -0.2) is 61.0 Å². The number of rotatable bonds is 4. The maximum Gasteiger partial charge on any atom is 0.338 e. The summed E-state index contributed by atoms with van der Waals surface area (Å²) < 4.78 is 29.6. The molecule has 2 saturated heterocycles. The van der Waals surface area contributed by atoms with Crippen LogP contribution in [0.15, 0.2) is 18.2 Å². The van der Waals surface area contributed by atoms with E-state index in [2.05, 4.69) is 4.90 Å². The van der Waals surface area contributed by atoms with Gasteiger partial charge in [0.05, 0.1) is 28.0 Å². The summed E-state index contributed by atoms with van der Waals surface area (Å²) >= 11 is 5.75. The lowest BCUT2D eigenvalue weighted by Gasteiger charge is -2.34. The molecule has 2 aliphatic heterocycles. The molecule has 2 unspecified atom stereocenters. The summed E-state index contributed by atoms with van der Waals surface area (Å²) in [7, 11) is -3.30. The van der Waals surface area contributed by atoms with Crippen LogP contribution in [0, 0.1) is 10.1 Å². The zero-order valence-corrected chi connectivity index (χ0v) is 15.5. The van der Waals surface area contributed by atoms with Crippen LogP contribution in [0.2, 0.25) is 5.02 Å². The van der Waals surface area contributed by atoms with Gasteiger partial charge in [-0.05, 0) is 38.1 Å². The molecule has 1 aromatic rings. The Labute approximate surface area is 156 Å². The number of carbonyl (C=O) groups is 1. The Morgan fingerprint density at radius 1 is 1.23 bits per heavy atom. The molecule has 2 fully saturated rings. The molecule has 2 aliphatic rings. The van der Waals surface area contributed by atoms with Crippen LogP contribution < -0.4 is 0 Å². The quantitative estimate of drug-likeness (QED) is 0.431. The lowest BCUT2D eigenvalue weighted by atomic mass is 10.1. The van der Waals surface area contributed by atoms with Gasteiger partial charge >= 0.3 is 5.97 Å². The highest BCUT2D eigenvalue weighted by Crippen LogP contribution is 2.28. The van der Waals surface area contributed by atoms with E-state index >= 15 is 0 Å². The fourth-order valence-corrected chi connectivity index (χ4v) is 5.54. The molecular weight excluding hydrogens is 384 g/mol. The molecule has 2 heterocycles. The number of nitro benzene ring substituents is 1. The summed E-state index contributed by atoms with van der Waals surface area (Å²) in [5.41, 5.74) is -0.421. The van der Waals surface area contributed by atoms with E-state index < -0.39 is 32.5 Å². The third kappa shape index (κ3) is 4.16. The van der Waals surface area contributed by atoms with Gasteiger partial charge in [-0.15, -0.1) is 0 Å². The minimum Gasteiger partial charge on any atom is -0.456 e. The lowest BCUT2D eigenvalue weighted by Crippen LogP contribution is -2.47. The molecule has 2 atom stereocenters. The van der Waals surface area contributed by atoms with Gasteiger partial charge in [-0.25, -0.2) is 13.2 Å². The van der Waals surface area contributed by atoms with E-state index in [9.17, 15) is 23.3 Å². The average molecular weight is 403 g/mol. The van der Waals surface area contributed by atoms with E-state index in [1.165, 1.54) is 12.1 Å². The van der Waals surface area contributed by atoms with Gasteiger partial charge in [0.2, 0.25) is 0 Å². The van der Waals surface area contributed by atoms with Crippen LogP contribution in [0.4, 0.5) is 5.69 Å². The predicted molar refractivity (Wildman–Crippen MR) is 95.2 cm³/mol. The highest BCUT2D eigenvalue weighted by atomic mass is 35.5. The van der Waals surface area contributed by atoms with E-state index in [4.69, 9.17) is 16.3 Å². The fraction of sp³-hybridized carbons (Fsp3) is 0.562. The minimum atomic E-state index is -3.30. The maximum absolute atomic E-state index is 12.4. The third-order valence-corrected chi connectivity index (χ3v) is 6.77. The second kappa shape index (κ2) is 7.50. The number of esters is 1. The number of ether oxygens (including phenoxy) is 1. The van der Waals surface area contributed by atoms with Gasteiger partial charge in [-0.3, -0.25) is 15.0 Å². The van der Waals surface area contributed by atoms with Crippen molar-refractivity contribution >= 4 is 33.1 Å². The van der Waals surface area contributed by atoms with Gasteiger partial charge in [0.15, 0.2) is 9.84 Å². The Bertz CT molecular complexity index is 822. The van der Waals surface area contributed by atoms with Crippen molar-refractivity contribution in [2.45, 2.75) is 31.4 Å². The molecule has 3 rings (SSSR count). The first kappa shape index (κ1) is 19.1. The number of likely N-dealkylation sites (tertiary alicyclic amines) is 1. The van der Waals surface area contributed by atoms with Gasteiger partial charge in [0.1, 0.15) is 11.1 Å². The zero-order valence-electron chi connectivity index (χ0n) is 14.0. The van der Waals surface area contributed by atoms with Crippen LogP contribution in [0.5, 0.6) is 0 Å². The average Bonchev–Trinajstić information content (AvgIpc) is 2.90. The van der Waals surface area contributed by atoms with Crippen LogP contribution >= 0.6 is 11.6 Å². The van der Waals surface area contributed by atoms with Gasteiger partial charge in [-0.2, -0.15) is 0 Å². The van der Waals surface area contributed by atoms with Crippen molar-refractivity contribution in [3.63, 3.8) is 0 Å².